The van der Waals surface area contributed by atoms with Crippen LogP contribution in [0.15, 0.2) is 48.5 Å². The van der Waals surface area contributed by atoms with E-state index >= 15 is 0 Å². The Kier molecular flexibility index (Phi) is 5.84. The number of nitrogens with one attached hydrogen (secondary N) is 1. The third kappa shape index (κ3) is 5.25. The highest BCUT2D eigenvalue weighted by molar-refractivity contribution is 6.18. The molecule has 21 heavy (non-hydrogen) atoms. The third-order valence-corrected chi connectivity index (χ3v) is 3.20. The van der Waals surface area contributed by atoms with Crippen LogP contribution in [-0.4, -0.2) is 23.6 Å². The highest BCUT2D eigenvalue weighted by Gasteiger charge is 2.03. The summed E-state index contributed by atoms with van der Waals surface area (Å²) in [5, 5.41) is 12.5. The van der Waals surface area contributed by atoms with Gasteiger partial charge in [0.05, 0.1) is 12.0 Å². The minimum atomic E-state index is -0.594. The van der Waals surface area contributed by atoms with Crippen LogP contribution in [0.25, 0.3) is 0 Å². The lowest BCUT2D eigenvalue weighted by Crippen LogP contribution is -2.20. The normalized spacial score (nSPS) is 12.0. The maximum absolute atomic E-state index is 13.1. The lowest BCUT2D eigenvalue weighted by molar-refractivity contribution is 0.211. The van der Waals surface area contributed by atoms with E-state index in [1.165, 1.54) is 12.1 Å². The van der Waals surface area contributed by atoms with Crippen molar-refractivity contribution >= 4 is 17.3 Å². The molecule has 2 N–H and O–H groups in total. The van der Waals surface area contributed by atoms with Gasteiger partial charge in [-0.1, -0.05) is 18.2 Å². The first-order valence-corrected chi connectivity index (χ1v) is 7.16. The van der Waals surface area contributed by atoms with E-state index in [0.29, 0.717) is 18.9 Å². The summed E-state index contributed by atoms with van der Waals surface area (Å²) in [6.45, 7) is 0.669. The van der Waals surface area contributed by atoms with E-state index in [0.717, 1.165) is 11.3 Å². The van der Waals surface area contributed by atoms with Gasteiger partial charge in [-0.25, -0.2) is 4.39 Å². The summed E-state index contributed by atoms with van der Waals surface area (Å²) in [5.74, 6) is 0.578. The van der Waals surface area contributed by atoms with Crippen LogP contribution in [0, 0.1) is 5.82 Å². The molecule has 1 atom stereocenters. The Hall–Kier alpha value is -1.78. The molecule has 0 spiro atoms. The Bertz CT molecular complexity index is 580. The van der Waals surface area contributed by atoms with Crippen LogP contribution in [0.1, 0.15) is 5.56 Å². The van der Waals surface area contributed by atoms with Crippen molar-refractivity contribution in [2.75, 3.05) is 17.7 Å². The molecule has 3 nitrogen and oxygen atoms in total. The zero-order chi connectivity index (χ0) is 15.1. The van der Waals surface area contributed by atoms with Crippen LogP contribution in [-0.2, 0) is 6.61 Å². The van der Waals surface area contributed by atoms with Crippen LogP contribution >= 0.6 is 11.6 Å². The van der Waals surface area contributed by atoms with Gasteiger partial charge in [0.25, 0.3) is 0 Å². The highest BCUT2D eigenvalue weighted by atomic mass is 35.5. The lowest BCUT2D eigenvalue weighted by atomic mass is 10.2. The monoisotopic (exact) mass is 309 g/mol. The number of rotatable bonds is 7. The molecule has 0 aliphatic rings. The van der Waals surface area contributed by atoms with Crippen molar-refractivity contribution in [3.8, 4) is 5.75 Å². The lowest BCUT2D eigenvalue weighted by Gasteiger charge is -2.12. The number of halogens is 2. The zero-order valence-corrected chi connectivity index (χ0v) is 12.2. The number of alkyl halides is 1. The molecule has 2 aromatic carbocycles. The van der Waals surface area contributed by atoms with E-state index in [1.54, 1.807) is 6.07 Å². The topological polar surface area (TPSA) is 41.5 Å². The Morgan fingerprint density at radius 1 is 1.19 bits per heavy atom. The predicted molar refractivity (Wildman–Crippen MR) is 82.4 cm³/mol. The molecule has 0 radical (unpaired) electrons. The highest BCUT2D eigenvalue weighted by Crippen LogP contribution is 2.19. The fourth-order valence-electron chi connectivity index (χ4n) is 1.78. The number of benzene rings is 2. The SMILES string of the molecule is OC(CCl)CNc1cccc(OCc2cccc(F)c2)c1. The van der Waals surface area contributed by atoms with Crippen molar-refractivity contribution in [2.45, 2.75) is 12.7 Å². The molecule has 0 amide bonds. The third-order valence-electron chi connectivity index (χ3n) is 2.85. The second-order valence-corrected chi connectivity index (χ2v) is 4.94. The van der Waals surface area contributed by atoms with E-state index < -0.39 is 6.10 Å². The molecule has 0 saturated heterocycles. The van der Waals surface area contributed by atoms with E-state index in [1.807, 2.05) is 30.3 Å². The largest absolute Gasteiger partial charge is 0.489 e. The molecular weight excluding hydrogens is 293 g/mol. The van der Waals surface area contributed by atoms with Crippen molar-refractivity contribution in [3.63, 3.8) is 0 Å². The van der Waals surface area contributed by atoms with Gasteiger partial charge in [0, 0.05) is 18.3 Å². The van der Waals surface area contributed by atoms with Gasteiger partial charge in [-0.05, 0) is 29.8 Å². The van der Waals surface area contributed by atoms with Crippen LogP contribution in [0.3, 0.4) is 0 Å². The summed E-state index contributed by atoms with van der Waals surface area (Å²) in [4.78, 5) is 0. The van der Waals surface area contributed by atoms with Crippen molar-refractivity contribution in [2.24, 2.45) is 0 Å². The fourth-order valence-corrected chi connectivity index (χ4v) is 1.89. The van der Waals surface area contributed by atoms with Crippen molar-refractivity contribution in [1.29, 1.82) is 0 Å². The quantitative estimate of drug-likeness (QED) is 0.770. The van der Waals surface area contributed by atoms with Crippen LogP contribution in [0.5, 0.6) is 5.75 Å². The van der Waals surface area contributed by atoms with Gasteiger partial charge in [0.2, 0.25) is 0 Å². The van der Waals surface area contributed by atoms with Gasteiger partial charge in [0.15, 0.2) is 0 Å². The minimum absolute atomic E-state index is 0.183. The van der Waals surface area contributed by atoms with Crippen molar-refractivity contribution < 1.29 is 14.2 Å². The molecule has 0 saturated carbocycles. The van der Waals surface area contributed by atoms with E-state index in [2.05, 4.69) is 5.32 Å². The summed E-state index contributed by atoms with van der Waals surface area (Å²) < 4.78 is 18.7. The maximum Gasteiger partial charge on any atom is 0.123 e. The molecule has 5 heteroatoms. The maximum atomic E-state index is 13.1. The molecule has 0 bridgehead atoms. The number of hydrogen-bond acceptors (Lipinski definition) is 3. The van der Waals surface area contributed by atoms with Gasteiger partial charge >= 0.3 is 0 Å². The van der Waals surface area contributed by atoms with Gasteiger partial charge in [-0.2, -0.15) is 0 Å². The molecule has 1 unspecified atom stereocenters. The Labute approximate surface area is 128 Å². The summed E-state index contributed by atoms with van der Waals surface area (Å²) in [6.07, 6.45) is -0.594. The number of anilines is 1. The molecule has 0 heterocycles. The van der Waals surface area contributed by atoms with Gasteiger partial charge in [-0.3, -0.25) is 0 Å². The molecule has 0 fully saturated rings. The summed E-state index contributed by atoms with van der Waals surface area (Å²) in [5.41, 5.74) is 1.60. The first-order chi connectivity index (χ1) is 10.2. The van der Waals surface area contributed by atoms with Gasteiger partial charge in [0.1, 0.15) is 18.2 Å². The second kappa shape index (κ2) is 7.86. The van der Waals surface area contributed by atoms with Crippen LogP contribution in [0.4, 0.5) is 10.1 Å². The number of aliphatic hydroxyl groups is 1. The average Bonchev–Trinajstić information content (AvgIpc) is 2.51. The van der Waals surface area contributed by atoms with Gasteiger partial charge < -0.3 is 15.2 Å². The fraction of sp³-hybridized carbons (Fsp3) is 0.250. The molecule has 0 aliphatic carbocycles. The van der Waals surface area contributed by atoms with Crippen LogP contribution < -0.4 is 10.1 Å². The first kappa shape index (κ1) is 15.6. The molecule has 0 aromatic heterocycles. The Morgan fingerprint density at radius 2 is 2.00 bits per heavy atom. The minimum Gasteiger partial charge on any atom is -0.489 e. The zero-order valence-electron chi connectivity index (χ0n) is 11.4. The first-order valence-electron chi connectivity index (χ1n) is 6.62. The predicted octanol–water partition coefficient (Wildman–Crippen LogP) is 3.42. The average molecular weight is 310 g/mol. The van der Waals surface area contributed by atoms with Crippen molar-refractivity contribution in [3.05, 3.63) is 59.9 Å². The number of ether oxygens (including phenoxy) is 1. The Balaban J connectivity index is 1.91. The summed E-state index contributed by atoms with van der Waals surface area (Å²) in [6, 6.07) is 13.7. The summed E-state index contributed by atoms with van der Waals surface area (Å²) in [7, 11) is 0. The number of hydrogen-bond donors (Lipinski definition) is 2. The van der Waals surface area contributed by atoms with E-state index in [9.17, 15) is 9.50 Å². The molecule has 0 aliphatic heterocycles. The van der Waals surface area contributed by atoms with Crippen molar-refractivity contribution in [1.82, 2.24) is 0 Å². The molecule has 112 valence electrons. The summed E-state index contributed by atoms with van der Waals surface area (Å²) >= 11 is 5.53. The Morgan fingerprint density at radius 3 is 2.76 bits per heavy atom. The van der Waals surface area contributed by atoms with Crippen LogP contribution in [0.2, 0.25) is 0 Å². The second-order valence-electron chi connectivity index (χ2n) is 4.64. The van der Waals surface area contributed by atoms with E-state index in [-0.39, 0.29) is 11.7 Å². The number of aliphatic hydroxyl groups excluding tert-OH is 1. The molecular formula is C16H17ClFNO2. The van der Waals surface area contributed by atoms with E-state index in [4.69, 9.17) is 16.3 Å². The molecule has 2 rings (SSSR count). The standard InChI is InChI=1S/C16H17ClFNO2/c17-9-15(20)10-19-14-5-2-6-16(8-14)21-11-12-3-1-4-13(18)7-12/h1-8,15,19-20H,9-11H2. The molecule has 2 aromatic rings. The smallest absolute Gasteiger partial charge is 0.123 e. The van der Waals surface area contributed by atoms with Gasteiger partial charge in [-0.15, -0.1) is 11.6 Å².